The highest BCUT2D eigenvalue weighted by atomic mass is 32.2. The van der Waals surface area contributed by atoms with E-state index in [0.29, 0.717) is 23.5 Å². The maximum atomic E-state index is 10.8. The van der Waals surface area contributed by atoms with Gasteiger partial charge in [-0.2, -0.15) is 5.26 Å². The number of nitrogens with one attached hydrogen (secondary N) is 1. The zero-order chi connectivity index (χ0) is 12.0. The highest BCUT2D eigenvalue weighted by Crippen LogP contribution is 2.19. The van der Waals surface area contributed by atoms with E-state index >= 15 is 0 Å². The molecule has 0 aliphatic carbocycles. The minimum absolute atomic E-state index is 0.579. The SMILES string of the molecule is CS(=O)CCCNc1cc(C#N)ccc1N. The summed E-state index contributed by atoms with van der Waals surface area (Å²) < 4.78 is 10.8. The van der Waals surface area contributed by atoms with Crippen LogP contribution in [0.4, 0.5) is 11.4 Å². The van der Waals surface area contributed by atoms with E-state index in [2.05, 4.69) is 11.4 Å². The molecule has 0 aliphatic rings. The Balaban J connectivity index is 2.53. The lowest BCUT2D eigenvalue weighted by Gasteiger charge is -2.08. The Hall–Kier alpha value is -1.54. The highest BCUT2D eigenvalue weighted by molar-refractivity contribution is 7.84. The molecule has 0 radical (unpaired) electrons. The Morgan fingerprint density at radius 2 is 2.31 bits per heavy atom. The van der Waals surface area contributed by atoms with Crippen LogP contribution in [0.5, 0.6) is 0 Å². The molecule has 4 nitrogen and oxygen atoms in total. The molecule has 1 rings (SSSR count). The molecule has 1 atom stereocenters. The van der Waals surface area contributed by atoms with Gasteiger partial charge in [-0.1, -0.05) is 0 Å². The van der Waals surface area contributed by atoms with Crippen molar-refractivity contribution in [3.63, 3.8) is 0 Å². The number of nitrogen functional groups attached to an aromatic ring is 1. The normalized spacial score (nSPS) is 11.8. The average Bonchev–Trinajstić information content (AvgIpc) is 2.26. The lowest BCUT2D eigenvalue weighted by atomic mass is 10.2. The molecule has 1 unspecified atom stereocenters. The molecule has 0 aromatic heterocycles. The number of anilines is 2. The Morgan fingerprint density at radius 3 is 2.94 bits per heavy atom. The summed E-state index contributed by atoms with van der Waals surface area (Å²) in [6.07, 6.45) is 2.50. The van der Waals surface area contributed by atoms with Gasteiger partial charge in [0, 0.05) is 29.4 Å². The molecular weight excluding hydrogens is 222 g/mol. The van der Waals surface area contributed by atoms with E-state index in [0.717, 1.165) is 12.1 Å². The smallest absolute Gasteiger partial charge is 0.0992 e. The van der Waals surface area contributed by atoms with Crippen molar-refractivity contribution in [2.45, 2.75) is 6.42 Å². The summed E-state index contributed by atoms with van der Waals surface area (Å²) in [6, 6.07) is 7.17. The molecule has 5 heteroatoms. The fourth-order valence-corrected chi connectivity index (χ4v) is 1.83. The molecule has 0 spiro atoms. The van der Waals surface area contributed by atoms with Crippen LogP contribution in [-0.4, -0.2) is 22.8 Å². The van der Waals surface area contributed by atoms with Crippen LogP contribution in [0.3, 0.4) is 0 Å². The predicted octanol–water partition coefficient (Wildman–Crippen LogP) is 1.32. The maximum Gasteiger partial charge on any atom is 0.0992 e. The van der Waals surface area contributed by atoms with Crippen LogP contribution in [0.1, 0.15) is 12.0 Å². The zero-order valence-electron chi connectivity index (χ0n) is 9.19. The van der Waals surface area contributed by atoms with Crippen LogP contribution >= 0.6 is 0 Å². The van der Waals surface area contributed by atoms with Gasteiger partial charge in [-0.25, -0.2) is 0 Å². The second kappa shape index (κ2) is 6.13. The van der Waals surface area contributed by atoms with Crippen molar-refractivity contribution < 1.29 is 4.21 Å². The first-order chi connectivity index (χ1) is 7.63. The van der Waals surface area contributed by atoms with E-state index in [1.54, 1.807) is 24.5 Å². The lowest BCUT2D eigenvalue weighted by molar-refractivity contribution is 0.685. The summed E-state index contributed by atoms with van der Waals surface area (Å²) in [5.74, 6) is 0.671. The lowest BCUT2D eigenvalue weighted by Crippen LogP contribution is -2.07. The first kappa shape index (κ1) is 12.5. The maximum absolute atomic E-state index is 10.8. The van der Waals surface area contributed by atoms with Gasteiger partial charge in [0.1, 0.15) is 0 Å². The Labute approximate surface area is 97.9 Å². The van der Waals surface area contributed by atoms with Crippen molar-refractivity contribution in [2.24, 2.45) is 0 Å². The van der Waals surface area contributed by atoms with Crippen molar-refractivity contribution >= 4 is 22.2 Å². The molecule has 0 fully saturated rings. The van der Waals surface area contributed by atoms with Crippen molar-refractivity contribution in [2.75, 3.05) is 29.6 Å². The molecule has 0 saturated heterocycles. The quantitative estimate of drug-likeness (QED) is 0.598. The van der Waals surface area contributed by atoms with E-state index < -0.39 is 10.8 Å². The average molecular weight is 237 g/mol. The van der Waals surface area contributed by atoms with Gasteiger partial charge in [-0.15, -0.1) is 0 Å². The number of nitrogens with two attached hydrogens (primary N) is 1. The second-order valence-corrected chi connectivity index (χ2v) is 5.03. The number of benzene rings is 1. The molecule has 0 saturated carbocycles. The molecular formula is C11H15N3OS. The standard InChI is InChI=1S/C11H15N3OS/c1-16(15)6-2-5-14-11-7-9(8-12)3-4-10(11)13/h3-4,7,14H,2,5-6,13H2,1H3. The van der Waals surface area contributed by atoms with Crippen LogP contribution in [0.15, 0.2) is 18.2 Å². The van der Waals surface area contributed by atoms with Gasteiger partial charge >= 0.3 is 0 Å². The second-order valence-electron chi connectivity index (χ2n) is 3.47. The monoisotopic (exact) mass is 237 g/mol. The minimum atomic E-state index is -0.758. The molecule has 1 aromatic carbocycles. The molecule has 0 bridgehead atoms. The Bertz CT molecular complexity index is 426. The summed E-state index contributed by atoms with van der Waals surface area (Å²) in [5.41, 5.74) is 7.72. The van der Waals surface area contributed by atoms with Crippen LogP contribution in [-0.2, 0) is 10.8 Å². The van der Waals surface area contributed by atoms with Gasteiger partial charge < -0.3 is 11.1 Å². The number of hydrogen-bond acceptors (Lipinski definition) is 4. The third kappa shape index (κ3) is 3.91. The molecule has 0 amide bonds. The van der Waals surface area contributed by atoms with E-state index in [1.807, 2.05) is 0 Å². The Kier molecular flexibility index (Phi) is 4.80. The van der Waals surface area contributed by atoms with Crippen LogP contribution in [0.25, 0.3) is 0 Å². The largest absolute Gasteiger partial charge is 0.397 e. The predicted molar refractivity (Wildman–Crippen MR) is 67.6 cm³/mol. The van der Waals surface area contributed by atoms with E-state index in [1.165, 1.54) is 0 Å². The van der Waals surface area contributed by atoms with Crippen molar-refractivity contribution in [3.05, 3.63) is 23.8 Å². The first-order valence-corrected chi connectivity index (χ1v) is 6.69. The third-order valence-electron chi connectivity index (χ3n) is 2.11. The molecule has 0 aliphatic heterocycles. The molecule has 1 aromatic rings. The van der Waals surface area contributed by atoms with Gasteiger partial charge in [0.25, 0.3) is 0 Å². The fourth-order valence-electron chi connectivity index (χ4n) is 1.28. The number of nitriles is 1. The van der Waals surface area contributed by atoms with E-state index in [4.69, 9.17) is 11.0 Å². The van der Waals surface area contributed by atoms with E-state index in [9.17, 15) is 4.21 Å². The molecule has 86 valence electrons. The summed E-state index contributed by atoms with van der Waals surface area (Å²) in [6.45, 7) is 0.707. The summed E-state index contributed by atoms with van der Waals surface area (Å²) in [7, 11) is -0.758. The van der Waals surface area contributed by atoms with Crippen LogP contribution < -0.4 is 11.1 Å². The van der Waals surface area contributed by atoms with Gasteiger partial charge in [0.2, 0.25) is 0 Å². The van der Waals surface area contributed by atoms with Gasteiger partial charge in [-0.3, -0.25) is 4.21 Å². The first-order valence-electron chi connectivity index (χ1n) is 4.97. The van der Waals surface area contributed by atoms with Gasteiger partial charge in [0.15, 0.2) is 0 Å². The van der Waals surface area contributed by atoms with Crippen molar-refractivity contribution in [3.8, 4) is 6.07 Å². The molecule has 16 heavy (non-hydrogen) atoms. The number of hydrogen-bond donors (Lipinski definition) is 2. The van der Waals surface area contributed by atoms with Gasteiger partial charge in [-0.05, 0) is 24.6 Å². The van der Waals surface area contributed by atoms with Crippen molar-refractivity contribution in [1.29, 1.82) is 5.26 Å². The Morgan fingerprint density at radius 1 is 1.56 bits per heavy atom. The van der Waals surface area contributed by atoms with Crippen LogP contribution in [0.2, 0.25) is 0 Å². The summed E-state index contributed by atoms with van der Waals surface area (Å²) >= 11 is 0. The highest BCUT2D eigenvalue weighted by Gasteiger charge is 2.00. The molecule has 3 N–H and O–H groups in total. The van der Waals surface area contributed by atoms with Crippen molar-refractivity contribution in [1.82, 2.24) is 0 Å². The number of rotatable bonds is 5. The minimum Gasteiger partial charge on any atom is -0.397 e. The summed E-state index contributed by atoms with van der Waals surface area (Å²) in [4.78, 5) is 0. The fraction of sp³-hybridized carbons (Fsp3) is 0.364. The number of nitrogens with zero attached hydrogens (tertiary/aromatic N) is 1. The van der Waals surface area contributed by atoms with Crippen LogP contribution in [0, 0.1) is 11.3 Å². The zero-order valence-corrected chi connectivity index (χ0v) is 10.0. The molecule has 0 heterocycles. The topological polar surface area (TPSA) is 78.9 Å². The third-order valence-corrected chi connectivity index (χ3v) is 2.97. The van der Waals surface area contributed by atoms with Gasteiger partial charge in [0.05, 0.1) is 23.0 Å². The summed E-state index contributed by atoms with van der Waals surface area (Å²) in [5, 5.41) is 11.9. The van der Waals surface area contributed by atoms with E-state index in [-0.39, 0.29) is 0 Å².